The number of rotatable bonds is 6. The van der Waals surface area contributed by atoms with Gasteiger partial charge in [-0.05, 0) is 37.6 Å². The smallest absolute Gasteiger partial charge is 0.130 e. The van der Waals surface area contributed by atoms with Crippen LogP contribution < -0.4 is 5.32 Å². The lowest BCUT2D eigenvalue weighted by molar-refractivity contribution is 0.497. The summed E-state index contributed by atoms with van der Waals surface area (Å²) in [5.41, 5.74) is 1.43. The zero-order chi connectivity index (χ0) is 14.5. The Balaban J connectivity index is 2.24. The Morgan fingerprint density at radius 3 is 2.75 bits per heavy atom. The fourth-order valence-corrected chi connectivity index (χ4v) is 3.35. The summed E-state index contributed by atoms with van der Waals surface area (Å²) in [6.45, 7) is 4.79. The number of thiophene rings is 1. The predicted molar refractivity (Wildman–Crippen MR) is 85.2 cm³/mol. The maximum atomic E-state index is 14.3. The van der Waals surface area contributed by atoms with Crippen LogP contribution in [0.15, 0.2) is 30.3 Å². The summed E-state index contributed by atoms with van der Waals surface area (Å²) in [5.74, 6) is -0.108. The van der Waals surface area contributed by atoms with Crippen molar-refractivity contribution in [1.29, 1.82) is 0 Å². The van der Waals surface area contributed by atoms with Gasteiger partial charge >= 0.3 is 0 Å². The van der Waals surface area contributed by atoms with Crippen LogP contribution in [-0.4, -0.2) is 6.54 Å². The molecule has 2 aromatic rings. The molecule has 1 atom stereocenters. The highest BCUT2D eigenvalue weighted by Crippen LogP contribution is 2.28. The Morgan fingerprint density at radius 1 is 1.30 bits per heavy atom. The van der Waals surface area contributed by atoms with Crippen molar-refractivity contribution >= 4 is 22.9 Å². The van der Waals surface area contributed by atoms with E-state index in [-0.39, 0.29) is 11.9 Å². The number of hydrogen-bond acceptors (Lipinski definition) is 2. The molecule has 0 aliphatic heterocycles. The van der Waals surface area contributed by atoms with Crippen molar-refractivity contribution in [3.8, 4) is 0 Å². The summed E-state index contributed by atoms with van der Waals surface area (Å²) in [6.07, 6.45) is 1.78. The molecule has 108 valence electrons. The summed E-state index contributed by atoms with van der Waals surface area (Å²) in [4.78, 5) is 1.17. The molecule has 1 N–H and O–H groups in total. The maximum absolute atomic E-state index is 14.3. The van der Waals surface area contributed by atoms with Gasteiger partial charge < -0.3 is 5.32 Å². The summed E-state index contributed by atoms with van der Waals surface area (Å²) < 4.78 is 15.1. The second-order valence-corrected chi connectivity index (χ2v) is 6.69. The van der Waals surface area contributed by atoms with E-state index in [0.717, 1.165) is 29.3 Å². The Hall–Kier alpha value is -0.900. The molecule has 20 heavy (non-hydrogen) atoms. The zero-order valence-electron chi connectivity index (χ0n) is 11.7. The van der Waals surface area contributed by atoms with E-state index in [1.165, 1.54) is 4.88 Å². The normalized spacial score (nSPS) is 12.6. The molecule has 0 spiro atoms. The van der Waals surface area contributed by atoms with Gasteiger partial charge in [-0.25, -0.2) is 4.39 Å². The molecule has 0 aliphatic carbocycles. The lowest BCUT2D eigenvalue weighted by atomic mass is 10.00. The highest BCUT2D eigenvalue weighted by molar-refractivity contribution is 7.16. The maximum Gasteiger partial charge on any atom is 0.130 e. The molecule has 1 heterocycles. The molecular formula is C16H19ClFNS. The summed E-state index contributed by atoms with van der Waals surface area (Å²) in [6, 6.07) is 9.48. The van der Waals surface area contributed by atoms with Crippen molar-refractivity contribution in [2.75, 3.05) is 6.54 Å². The third-order valence-corrected chi connectivity index (χ3v) is 4.53. The van der Waals surface area contributed by atoms with Gasteiger partial charge in [0.2, 0.25) is 0 Å². The monoisotopic (exact) mass is 311 g/mol. The van der Waals surface area contributed by atoms with Crippen molar-refractivity contribution in [1.82, 2.24) is 5.32 Å². The first-order chi connectivity index (χ1) is 9.61. The van der Waals surface area contributed by atoms with Crippen molar-refractivity contribution in [2.45, 2.75) is 32.7 Å². The minimum absolute atomic E-state index is 0.00966. The van der Waals surface area contributed by atoms with Gasteiger partial charge in [-0.2, -0.15) is 0 Å². The lowest BCUT2D eigenvalue weighted by Gasteiger charge is -2.19. The average Bonchev–Trinajstić information content (AvgIpc) is 2.83. The lowest BCUT2D eigenvalue weighted by Crippen LogP contribution is -2.25. The number of hydrogen-bond donors (Lipinski definition) is 1. The Kier molecular flexibility index (Phi) is 5.58. The molecule has 0 bridgehead atoms. The van der Waals surface area contributed by atoms with E-state index in [4.69, 9.17) is 11.6 Å². The van der Waals surface area contributed by atoms with Crippen LogP contribution in [0.25, 0.3) is 0 Å². The molecule has 2 rings (SSSR count). The van der Waals surface area contributed by atoms with Crippen molar-refractivity contribution in [2.24, 2.45) is 0 Å². The number of halogens is 2. The largest absolute Gasteiger partial charge is 0.310 e. The van der Waals surface area contributed by atoms with Crippen molar-refractivity contribution in [3.63, 3.8) is 0 Å². The van der Waals surface area contributed by atoms with Crippen LogP contribution in [0.4, 0.5) is 4.39 Å². The summed E-state index contributed by atoms with van der Waals surface area (Å²) in [5, 5.41) is 3.44. The van der Waals surface area contributed by atoms with Crippen LogP contribution in [0.3, 0.4) is 0 Å². The Morgan fingerprint density at radius 2 is 2.10 bits per heavy atom. The fourth-order valence-electron chi connectivity index (χ4n) is 2.21. The van der Waals surface area contributed by atoms with E-state index in [0.29, 0.717) is 5.56 Å². The Labute approximate surface area is 128 Å². The van der Waals surface area contributed by atoms with Crippen molar-refractivity contribution in [3.05, 3.63) is 56.5 Å². The molecule has 0 saturated heterocycles. The number of nitrogens with one attached hydrogen (secondary N) is 1. The molecule has 4 heteroatoms. The Bertz CT molecular complexity index is 567. The molecule has 0 radical (unpaired) electrons. The molecule has 0 saturated carbocycles. The molecule has 0 aliphatic rings. The first kappa shape index (κ1) is 15.5. The van der Waals surface area contributed by atoms with Gasteiger partial charge in [0.15, 0.2) is 0 Å². The highest BCUT2D eigenvalue weighted by Gasteiger charge is 2.17. The van der Waals surface area contributed by atoms with E-state index < -0.39 is 0 Å². The van der Waals surface area contributed by atoms with Gasteiger partial charge in [-0.1, -0.05) is 36.7 Å². The number of aryl methyl sites for hydroxylation is 1. The van der Waals surface area contributed by atoms with E-state index >= 15 is 0 Å². The van der Waals surface area contributed by atoms with Crippen LogP contribution in [0.1, 0.15) is 35.4 Å². The second kappa shape index (κ2) is 7.21. The fraction of sp³-hybridized carbons (Fsp3) is 0.375. The van der Waals surface area contributed by atoms with E-state index in [1.807, 2.05) is 24.3 Å². The second-order valence-electron chi connectivity index (χ2n) is 4.89. The topological polar surface area (TPSA) is 12.0 Å². The van der Waals surface area contributed by atoms with E-state index in [9.17, 15) is 4.39 Å². The van der Waals surface area contributed by atoms with Gasteiger partial charge in [0, 0.05) is 22.9 Å². The minimum atomic E-state index is -0.108. The first-order valence-corrected chi connectivity index (χ1v) is 8.04. The third kappa shape index (κ3) is 3.81. The standard InChI is InChI=1S/C16H19ClFNS/c1-3-9-19-14(10-12-7-8-15(17)20-12)13-6-4-5-11(2)16(13)18/h4-8,14,19H,3,9-10H2,1-2H3. The van der Waals surface area contributed by atoms with Crippen LogP contribution in [0.2, 0.25) is 4.34 Å². The SMILES string of the molecule is CCCNC(Cc1ccc(Cl)s1)c1cccc(C)c1F. The minimum Gasteiger partial charge on any atom is -0.310 e. The molecule has 1 aromatic carbocycles. The van der Waals surface area contributed by atoms with Gasteiger partial charge in [-0.15, -0.1) is 11.3 Å². The molecule has 1 aromatic heterocycles. The van der Waals surface area contributed by atoms with Gasteiger partial charge in [-0.3, -0.25) is 0 Å². The molecule has 0 fully saturated rings. The quantitative estimate of drug-likeness (QED) is 0.779. The average molecular weight is 312 g/mol. The predicted octanol–water partition coefficient (Wildman–Crippen LogP) is 5.13. The van der Waals surface area contributed by atoms with Crippen LogP contribution in [0, 0.1) is 12.7 Å². The van der Waals surface area contributed by atoms with E-state index in [1.54, 1.807) is 24.3 Å². The van der Waals surface area contributed by atoms with Gasteiger partial charge in [0.25, 0.3) is 0 Å². The molecule has 1 unspecified atom stereocenters. The molecule has 0 amide bonds. The van der Waals surface area contributed by atoms with Crippen molar-refractivity contribution < 1.29 is 4.39 Å². The van der Waals surface area contributed by atoms with Crippen LogP contribution in [-0.2, 0) is 6.42 Å². The number of benzene rings is 1. The van der Waals surface area contributed by atoms with Crippen LogP contribution >= 0.6 is 22.9 Å². The summed E-state index contributed by atoms with van der Waals surface area (Å²) >= 11 is 7.53. The molecule has 1 nitrogen and oxygen atoms in total. The summed E-state index contributed by atoms with van der Waals surface area (Å²) in [7, 11) is 0. The first-order valence-electron chi connectivity index (χ1n) is 6.84. The third-order valence-electron chi connectivity index (χ3n) is 3.27. The van der Waals surface area contributed by atoms with Crippen LogP contribution in [0.5, 0.6) is 0 Å². The zero-order valence-corrected chi connectivity index (χ0v) is 13.3. The van der Waals surface area contributed by atoms with Gasteiger partial charge in [0.05, 0.1) is 4.34 Å². The highest BCUT2D eigenvalue weighted by atomic mass is 35.5. The van der Waals surface area contributed by atoms with Gasteiger partial charge in [0.1, 0.15) is 5.82 Å². The molecular weight excluding hydrogens is 293 g/mol. The van der Waals surface area contributed by atoms with E-state index in [2.05, 4.69) is 12.2 Å².